The van der Waals surface area contributed by atoms with Gasteiger partial charge in [0.05, 0.1) is 18.6 Å². The lowest BCUT2D eigenvalue weighted by Crippen LogP contribution is -2.29. The lowest BCUT2D eigenvalue weighted by Gasteiger charge is -2.18. The van der Waals surface area contributed by atoms with Gasteiger partial charge in [-0.25, -0.2) is 21.6 Å². The second-order valence-electron chi connectivity index (χ2n) is 6.75. The van der Waals surface area contributed by atoms with E-state index in [0.29, 0.717) is 18.7 Å². The molecular weight excluding hydrogens is 444 g/mol. The number of hydrogen-bond donors (Lipinski definition) is 1. The second-order valence-corrected chi connectivity index (χ2v) is 10.6. The number of methoxy groups -OCH3 is 1. The Labute approximate surface area is 182 Å². The van der Waals surface area contributed by atoms with Crippen LogP contribution in [-0.4, -0.2) is 68.3 Å². The standard InChI is InChI=1S/C20H26N2O7S2/c1-21-31(26,27)19-13-15(9-10-18(19)28-3)20(23)22(2)11-6-12-29-16-7-5-8-17(14-16)30(4,24)25/h5,7-10,13-14,21H,6,11-12H2,1-4H3. The van der Waals surface area contributed by atoms with Gasteiger partial charge >= 0.3 is 0 Å². The van der Waals surface area contributed by atoms with Crippen molar-refractivity contribution in [1.82, 2.24) is 9.62 Å². The molecular formula is C20H26N2O7S2. The summed E-state index contributed by atoms with van der Waals surface area (Å²) in [6.45, 7) is 0.623. The molecule has 0 saturated heterocycles. The maximum Gasteiger partial charge on any atom is 0.253 e. The van der Waals surface area contributed by atoms with Gasteiger partial charge in [-0.2, -0.15) is 0 Å². The summed E-state index contributed by atoms with van der Waals surface area (Å²) in [6.07, 6.45) is 1.61. The third-order valence-corrected chi connectivity index (χ3v) is 7.00. The second kappa shape index (κ2) is 10.1. The molecule has 0 heterocycles. The Balaban J connectivity index is 2.00. The van der Waals surface area contributed by atoms with Crippen LogP contribution in [0, 0.1) is 0 Å². The van der Waals surface area contributed by atoms with E-state index in [1.807, 2.05) is 0 Å². The molecule has 0 aromatic heterocycles. The van der Waals surface area contributed by atoms with Gasteiger partial charge in [-0.1, -0.05) is 6.07 Å². The molecule has 0 radical (unpaired) electrons. The summed E-state index contributed by atoms with van der Waals surface area (Å²) < 4.78 is 60.5. The van der Waals surface area contributed by atoms with Gasteiger partial charge in [0, 0.05) is 25.4 Å². The first kappa shape index (κ1) is 24.6. The maximum atomic E-state index is 12.7. The summed E-state index contributed by atoms with van der Waals surface area (Å²) in [6, 6.07) is 10.4. The normalized spacial score (nSPS) is 11.7. The molecule has 1 amide bonds. The molecule has 170 valence electrons. The van der Waals surface area contributed by atoms with E-state index in [9.17, 15) is 21.6 Å². The summed E-state index contributed by atoms with van der Waals surface area (Å²) in [4.78, 5) is 14.2. The summed E-state index contributed by atoms with van der Waals surface area (Å²) in [5, 5.41) is 0. The molecule has 0 aliphatic rings. The maximum absolute atomic E-state index is 12.7. The van der Waals surface area contributed by atoms with Crippen molar-refractivity contribution >= 4 is 25.8 Å². The van der Waals surface area contributed by atoms with E-state index in [0.717, 1.165) is 6.26 Å². The Morgan fingerprint density at radius 1 is 1.10 bits per heavy atom. The molecule has 31 heavy (non-hydrogen) atoms. The number of rotatable bonds is 10. The zero-order chi connectivity index (χ0) is 23.2. The molecule has 0 fully saturated rings. The molecule has 0 aliphatic carbocycles. The average Bonchev–Trinajstić information content (AvgIpc) is 2.75. The number of nitrogens with one attached hydrogen (secondary N) is 1. The minimum absolute atomic E-state index is 0.120. The van der Waals surface area contributed by atoms with Gasteiger partial charge in [0.1, 0.15) is 16.4 Å². The Hall–Kier alpha value is -2.63. The SMILES string of the molecule is CNS(=O)(=O)c1cc(C(=O)N(C)CCCOc2cccc(S(C)(=O)=O)c2)ccc1OC. The first-order chi connectivity index (χ1) is 14.5. The highest BCUT2D eigenvalue weighted by atomic mass is 32.2. The van der Waals surface area contributed by atoms with Crippen LogP contribution in [-0.2, 0) is 19.9 Å². The zero-order valence-corrected chi connectivity index (χ0v) is 19.4. The van der Waals surface area contributed by atoms with Gasteiger partial charge in [-0.15, -0.1) is 0 Å². The largest absolute Gasteiger partial charge is 0.495 e. The molecule has 11 heteroatoms. The highest BCUT2D eigenvalue weighted by Crippen LogP contribution is 2.25. The molecule has 0 unspecified atom stereocenters. The summed E-state index contributed by atoms with van der Waals surface area (Å²) in [7, 11) is -2.89. The smallest absolute Gasteiger partial charge is 0.253 e. The Morgan fingerprint density at radius 3 is 2.42 bits per heavy atom. The topological polar surface area (TPSA) is 119 Å². The third-order valence-electron chi connectivity index (χ3n) is 4.46. The number of carbonyl (C=O) groups is 1. The van der Waals surface area contributed by atoms with E-state index in [1.165, 1.54) is 49.4 Å². The molecule has 0 bridgehead atoms. The van der Waals surface area contributed by atoms with Crippen LogP contribution in [0.2, 0.25) is 0 Å². The van der Waals surface area contributed by atoms with Crippen molar-refractivity contribution in [3.05, 3.63) is 48.0 Å². The number of sulfonamides is 1. The van der Waals surface area contributed by atoms with Crippen LogP contribution in [0.15, 0.2) is 52.3 Å². The van der Waals surface area contributed by atoms with Gasteiger partial charge in [0.25, 0.3) is 5.91 Å². The number of hydrogen-bond acceptors (Lipinski definition) is 7. The number of sulfone groups is 1. The zero-order valence-electron chi connectivity index (χ0n) is 17.8. The van der Waals surface area contributed by atoms with Gasteiger partial charge in [-0.05, 0) is 49.9 Å². The number of carbonyl (C=O) groups excluding carboxylic acids is 1. The van der Waals surface area contributed by atoms with E-state index >= 15 is 0 Å². The lowest BCUT2D eigenvalue weighted by molar-refractivity contribution is 0.0787. The number of benzene rings is 2. The minimum atomic E-state index is -3.80. The predicted octanol–water partition coefficient (Wildman–Crippen LogP) is 1.55. The quantitative estimate of drug-likeness (QED) is 0.523. The first-order valence-corrected chi connectivity index (χ1v) is 12.7. The fourth-order valence-corrected chi connectivity index (χ4v) is 4.31. The number of amides is 1. The third kappa shape index (κ3) is 6.42. The van der Waals surface area contributed by atoms with Crippen LogP contribution in [0.3, 0.4) is 0 Å². The lowest BCUT2D eigenvalue weighted by atomic mass is 10.2. The summed E-state index contributed by atoms with van der Waals surface area (Å²) >= 11 is 0. The van der Waals surface area contributed by atoms with Crippen molar-refractivity contribution in [2.45, 2.75) is 16.2 Å². The van der Waals surface area contributed by atoms with Crippen LogP contribution in [0.25, 0.3) is 0 Å². The van der Waals surface area contributed by atoms with Gasteiger partial charge in [0.15, 0.2) is 9.84 Å². The van der Waals surface area contributed by atoms with Crippen LogP contribution in [0.5, 0.6) is 11.5 Å². The minimum Gasteiger partial charge on any atom is -0.495 e. The van der Waals surface area contributed by atoms with Crippen molar-refractivity contribution in [2.75, 3.05) is 40.6 Å². The summed E-state index contributed by atoms with van der Waals surface area (Å²) in [5.41, 5.74) is 0.207. The molecule has 1 N–H and O–H groups in total. The van der Waals surface area contributed by atoms with Crippen LogP contribution in [0.1, 0.15) is 16.8 Å². The highest BCUT2D eigenvalue weighted by molar-refractivity contribution is 7.90. The fourth-order valence-electron chi connectivity index (χ4n) is 2.74. The monoisotopic (exact) mass is 470 g/mol. The Morgan fingerprint density at radius 2 is 1.81 bits per heavy atom. The molecule has 2 rings (SSSR count). The van der Waals surface area contributed by atoms with Crippen molar-refractivity contribution in [3.63, 3.8) is 0 Å². The molecule has 2 aromatic carbocycles. The molecule has 0 saturated carbocycles. The number of nitrogens with zero attached hydrogens (tertiary/aromatic N) is 1. The van der Waals surface area contributed by atoms with E-state index in [1.54, 1.807) is 19.2 Å². The molecule has 9 nitrogen and oxygen atoms in total. The highest BCUT2D eigenvalue weighted by Gasteiger charge is 2.21. The summed E-state index contributed by atoms with van der Waals surface area (Å²) in [5.74, 6) is 0.210. The van der Waals surface area contributed by atoms with Gasteiger partial charge in [-0.3, -0.25) is 4.79 Å². The Bertz CT molecular complexity index is 1150. The molecule has 2 aromatic rings. The van der Waals surface area contributed by atoms with E-state index < -0.39 is 19.9 Å². The van der Waals surface area contributed by atoms with E-state index in [4.69, 9.17) is 9.47 Å². The number of ether oxygens (including phenoxy) is 2. The van der Waals surface area contributed by atoms with E-state index in [2.05, 4.69) is 4.72 Å². The van der Waals surface area contributed by atoms with Crippen molar-refractivity contribution in [3.8, 4) is 11.5 Å². The molecule has 0 spiro atoms. The van der Waals surface area contributed by atoms with Crippen molar-refractivity contribution in [2.24, 2.45) is 0 Å². The van der Waals surface area contributed by atoms with Crippen molar-refractivity contribution < 1.29 is 31.1 Å². The fraction of sp³-hybridized carbons (Fsp3) is 0.350. The van der Waals surface area contributed by atoms with Crippen LogP contribution in [0.4, 0.5) is 0 Å². The van der Waals surface area contributed by atoms with Gasteiger partial charge < -0.3 is 14.4 Å². The first-order valence-electron chi connectivity index (χ1n) is 9.29. The molecule has 0 aliphatic heterocycles. The van der Waals surface area contributed by atoms with Crippen LogP contribution < -0.4 is 14.2 Å². The molecule has 0 atom stereocenters. The van der Waals surface area contributed by atoms with E-state index in [-0.39, 0.29) is 33.6 Å². The van der Waals surface area contributed by atoms with Crippen molar-refractivity contribution in [1.29, 1.82) is 0 Å². The predicted molar refractivity (Wildman–Crippen MR) is 116 cm³/mol. The van der Waals surface area contributed by atoms with Gasteiger partial charge in [0.2, 0.25) is 10.0 Å². The Kier molecular flexibility index (Phi) is 8.04. The average molecular weight is 471 g/mol. The van der Waals surface area contributed by atoms with Crippen LogP contribution >= 0.6 is 0 Å².